The summed E-state index contributed by atoms with van der Waals surface area (Å²) in [4.78, 5) is 7.83. The van der Waals surface area contributed by atoms with Gasteiger partial charge in [0.25, 0.3) is 0 Å². The molecule has 0 amide bonds. The molecule has 1 aromatic heterocycles. The van der Waals surface area contributed by atoms with Crippen LogP contribution in [0.3, 0.4) is 0 Å². The summed E-state index contributed by atoms with van der Waals surface area (Å²) in [5, 5.41) is 9.76. The van der Waals surface area contributed by atoms with E-state index in [1.165, 1.54) is 13.3 Å². The Kier molecular flexibility index (Phi) is 2.73. The maximum Gasteiger partial charge on any atom is 0.128 e. The third-order valence-corrected chi connectivity index (χ3v) is 1.54. The van der Waals surface area contributed by atoms with Crippen LogP contribution in [-0.2, 0) is 10.3 Å². The quantitative estimate of drug-likeness (QED) is 0.706. The predicted octanol–water partition coefficient (Wildman–Crippen LogP) is 0.331. The van der Waals surface area contributed by atoms with Gasteiger partial charge in [-0.15, -0.1) is 0 Å². The van der Waals surface area contributed by atoms with Gasteiger partial charge in [-0.25, -0.2) is 0 Å². The summed E-state index contributed by atoms with van der Waals surface area (Å²) < 4.78 is 4.84. The van der Waals surface area contributed by atoms with Crippen molar-refractivity contribution in [1.82, 2.24) is 9.97 Å². The molecule has 0 aliphatic carbocycles. The first-order valence-corrected chi connectivity index (χ1v) is 3.64. The Morgan fingerprint density at radius 3 is 2.83 bits per heavy atom. The number of aromatic nitrogens is 2. The van der Waals surface area contributed by atoms with Crippen LogP contribution in [0, 0.1) is 0 Å². The molecule has 4 heteroatoms. The van der Waals surface area contributed by atoms with Crippen molar-refractivity contribution in [3.8, 4) is 0 Å². The van der Waals surface area contributed by atoms with Gasteiger partial charge in [0.1, 0.15) is 5.60 Å². The fourth-order valence-corrected chi connectivity index (χ4v) is 0.932. The minimum Gasteiger partial charge on any atom is -0.381 e. The summed E-state index contributed by atoms with van der Waals surface area (Å²) in [6.07, 6.45) is 4.63. The zero-order valence-electron chi connectivity index (χ0n) is 7.19. The summed E-state index contributed by atoms with van der Waals surface area (Å²) in [5.41, 5.74) is -0.532. The molecular weight excluding hydrogens is 156 g/mol. The molecule has 1 rings (SSSR count). The van der Waals surface area contributed by atoms with Gasteiger partial charge in [-0.05, 0) is 6.92 Å². The van der Waals surface area contributed by atoms with Crippen molar-refractivity contribution in [2.75, 3.05) is 13.7 Å². The Labute approximate surface area is 71.2 Å². The maximum absolute atomic E-state index is 9.76. The van der Waals surface area contributed by atoms with E-state index in [2.05, 4.69) is 9.97 Å². The molecule has 66 valence electrons. The zero-order valence-corrected chi connectivity index (χ0v) is 7.19. The Morgan fingerprint density at radius 1 is 1.58 bits per heavy atom. The Bertz CT molecular complexity index is 236. The Hall–Kier alpha value is -1.00. The van der Waals surface area contributed by atoms with Crippen LogP contribution in [0.15, 0.2) is 18.6 Å². The number of nitrogens with zero attached hydrogens (tertiary/aromatic N) is 2. The summed E-state index contributed by atoms with van der Waals surface area (Å²) >= 11 is 0. The van der Waals surface area contributed by atoms with E-state index in [9.17, 15) is 5.11 Å². The first-order chi connectivity index (χ1) is 5.67. The number of ether oxygens (including phenoxy) is 1. The monoisotopic (exact) mass is 168 g/mol. The fraction of sp³-hybridized carbons (Fsp3) is 0.500. The minimum atomic E-state index is -1.05. The summed E-state index contributed by atoms with van der Waals surface area (Å²) in [5.74, 6) is 0. The highest BCUT2D eigenvalue weighted by Crippen LogP contribution is 2.16. The maximum atomic E-state index is 9.76. The number of aliphatic hydroxyl groups is 1. The highest BCUT2D eigenvalue weighted by Gasteiger charge is 2.24. The van der Waals surface area contributed by atoms with Gasteiger partial charge >= 0.3 is 0 Å². The molecule has 1 unspecified atom stereocenters. The number of hydrogen-bond acceptors (Lipinski definition) is 4. The Balaban J connectivity index is 2.82. The van der Waals surface area contributed by atoms with Crippen LogP contribution >= 0.6 is 0 Å². The van der Waals surface area contributed by atoms with Crippen LogP contribution in [0.2, 0.25) is 0 Å². The molecule has 0 fully saturated rings. The van der Waals surface area contributed by atoms with Gasteiger partial charge in [0.2, 0.25) is 0 Å². The smallest absolute Gasteiger partial charge is 0.128 e. The zero-order chi connectivity index (χ0) is 9.03. The topological polar surface area (TPSA) is 55.2 Å². The summed E-state index contributed by atoms with van der Waals surface area (Å²) in [6.45, 7) is 1.85. The van der Waals surface area contributed by atoms with Crippen molar-refractivity contribution in [2.24, 2.45) is 0 Å². The first kappa shape index (κ1) is 9.09. The van der Waals surface area contributed by atoms with Gasteiger partial charge < -0.3 is 9.84 Å². The number of hydrogen-bond donors (Lipinski definition) is 1. The van der Waals surface area contributed by atoms with Crippen molar-refractivity contribution in [3.05, 3.63) is 24.3 Å². The molecule has 1 heterocycles. The molecule has 0 saturated heterocycles. The average molecular weight is 168 g/mol. The molecule has 12 heavy (non-hydrogen) atoms. The summed E-state index contributed by atoms with van der Waals surface area (Å²) in [7, 11) is 1.53. The van der Waals surface area contributed by atoms with E-state index < -0.39 is 5.60 Å². The van der Waals surface area contributed by atoms with Gasteiger partial charge in [0.15, 0.2) is 0 Å². The van der Waals surface area contributed by atoms with Crippen molar-refractivity contribution in [3.63, 3.8) is 0 Å². The molecule has 0 aliphatic rings. The summed E-state index contributed by atoms with van der Waals surface area (Å²) in [6, 6.07) is 0. The van der Waals surface area contributed by atoms with E-state index in [4.69, 9.17) is 4.74 Å². The van der Waals surface area contributed by atoms with Crippen molar-refractivity contribution in [2.45, 2.75) is 12.5 Å². The van der Waals surface area contributed by atoms with Crippen molar-refractivity contribution in [1.29, 1.82) is 0 Å². The second kappa shape index (κ2) is 3.60. The molecule has 4 nitrogen and oxygen atoms in total. The second-order valence-corrected chi connectivity index (χ2v) is 2.80. The first-order valence-electron chi connectivity index (χ1n) is 3.64. The molecular formula is C8H12N2O2. The van der Waals surface area contributed by atoms with E-state index in [0.717, 1.165) is 0 Å². The minimum absolute atomic E-state index is 0.214. The lowest BCUT2D eigenvalue weighted by Gasteiger charge is -2.20. The van der Waals surface area contributed by atoms with E-state index >= 15 is 0 Å². The lowest BCUT2D eigenvalue weighted by atomic mass is 10.1. The van der Waals surface area contributed by atoms with Crippen LogP contribution in [0.1, 0.15) is 12.6 Å². The molecule has 0 radical (unpaired) electrons. The molecule has 1 atom stereocenters. The highest BCUT2D eigenvalue weighted by molar-refractivity contribution is 5.05. The third-order valence-electron chi connectivity index (χ3n) is 1.54. The van der Waals surface area contributed by atoms with Crippen LogP contribution in [0.4, 0.5) is 0 Å². The van der Waals surface area contributed by atoms with E-state index in [-0.39, 0.29) is 6.61 Å². The van der Waals surface area contributed by atoms with Gasteiger partial charge in [0.05, 0.1) is 18.5 Å². The fourth-order valence-electron chi connectivity index (χ4n) is 0.932. The number of rotatable bonds is 3. The van der Waals surface area contributed by atoms with Gasteiger partial charge in [-0.1, -0.05) is 0 Å². The molecule has 1 aromatic rings. The van der Waals surface area contributed by atoms with Gasteiger partial charge in [-0.3, -0.25) is 9.97 Å². The molecule has 1 N–H and O–H groups in total. The Morgan fingerprint density at radius 2 is 2.33 bits per heavy atom. The molecule has 0 spiro atoms. The average Bonchev–Trinajstić information content (AvgIpc) is 2.06. The second-order valence-electron chi connectivity index (χ2n) is 2.80. The third kappa shape index (κ3) is 1.99. The van der Waals surface area contributed by atoms with E-state index in [1.54, 1.807) is 19.3 Å². The SMILES string of the molecule is COCC(C)(O)c1cnccn1. The van der Waals surface area contributed by atoms with Gasteiger partial charge in [-0.2, -0.15) is 0 Å². The lowest BCUT2D eigenvalue weighted by molar-refractivity contribution is -0.0242. The van der Waals surface area contributed by atoms with Crippen LogP contribution < -0.4 is 0 Å². The van der Waals surface area contributed by atoms with Crippen molar-refractivity contribution < 1.29 is 9.84 Å². The molecule has 0 bridgehead atoms. The standard InChI is InChI=1S/C8H12N2O2/c1-8(11,6-12-2)7-5-9-3-4-10-7/h3-5,11H,6H2,1-2H3. The highest BCUT2D eigenvalue weighted by atomic mass is 16.5. The normalized spacial score (nSPS) is 15.6. The largest absolute Gasteiger partial charge is 0.381 e. The van der Waals surface area contributed by atoms with Crippen molar-refractivity contribution >= 4 is 0 Å². The van der Waals surface area contributed by atoms with Gasteiger partial charge in [0, 0.05) is 19.5 Å². The van der Waals surface area contributed by atoms with E-state index in [1.807, 2.05) is 0 Å². The van der Waals surface area contributed by atoms with Crippen LogP contribution in [-0.4, -0.2) is 28.8 Å². The predicted molar refractivity (Wildman–Crippen MR) is 43.5 cm³/mol. The number of methoxy groups -OCH3 is 1. The van der Waals surface area contributed by atoms with E-state index in [0.29, 0.717) is 5.69 Å². The van der Waals surface area contributed by atoms with Crippen LogP contribution in [0.5, 0.6) is 0 Å². The molecule has 0 aliphatic heterocycles. The molecule has 0 aromatic carbocycles. The van der Waals surface area contributed by atoms with Crippen LogP contribution in [0.25, 0.3) is 0 Å². The lowest BCUT2D eigenvalue weighted by Crippen LogP contribution is -2.28. The molecule has 0 saturated carbocycles.